The Balaban J connectivity index is 2.47. The van der Waals surface area contributed by atoms with Crippen molar-refractivity contribution in [3.8, 4) is 0 Å². The van der Waals surface area contributed by atoms with Crippen LogP contribution in [-0.2, 0) is 13.5 Å². The maximum Gasteiger partial charge on any atom is 0.332 e. The van der Waals surface area contributed by atoms with Crippen LogP contribution in [0, 0.1) is 0 Å². The van der Waals surface area contributed by atoms with E-state index in [1.54, 1.807) is 18.2 Å². The van der Waals surface area contributed by atoms with Gasteiger partial charge in [-0.25, -0.2) is 9.36 Å². The van der Waals surface area contributed by atoms with Gasteiger partial charge in [-0.2, -0.15) is 8.78 Å². The van der Waals surface area contributed by atoms with E-state index in [-0.39, 0.29) is 12.1 Å². The molecular weight excluding hydrogens is 297 g/mol. The average molecular weight is 307 g/mol. The largest absolute Gasteiger partial charge is 0.332 e. The van der Waals surface area contributed by atoms with Crippen LogP contribution in [0.5, 0.6) is 0 Å². The van der Waals surface area contributed by atoms with Crippen LogP contribution >= 0.6 is 23.2 Å². The number of nitrogens with zero attached hydrogens (tertiary/aromatic N) is 2. The highest BCUT2D eigenvalue weighted by Gasteiger charge is 2.17. The second kappa shape index (κ2) is 5.35. The molecular formula is C12H10Cl2F2N2O. The zero-order valence-corrected chi connectivity index (χ0v) is 11.4. The summed E-state index contributed by atoms with van der Waals surface area (Å²) in [5.74, 6) is 0. The highest BCUT2D eigenvalue weighted by Crippen LogP contribution is 2.27. The minimum Gasteiger partial charge on any atom is -0.268 e. The third kappa shape index (κ3) is 2.67. The molecule has 1 heterocycles. The van der Waals surface area contributed by atoms with E-state index >= 15 is 0 Å². The molecule has 3 nitrogen and oxygen atoms in total. The summed E-state index contributed by atoms with van der Waals surface area (Å²) in [4.78, 5) is 11.5. The molecule has 0 N–H and O–H groups in total. The summed E-state index contributed by atoms with van der Waals surface area (Å²) in [7, 11) is 1.29. The Hall–Kier alpha value is -1.33. The molecule has 0 saturated carbocycles. The molecule has 7 heteroatoms. The fraction of sp³-hybridized carbons (Fsp3) is 0.250. The molecule has 1 aromatic heterocycles. The van der Waals surface area contributed by atoms with Crippen LogP contribution in [0.2, 0.25) is 10.0 Å². The van der Waals surface area contributed by atoms with Gasteiger partial charge in [0.2, 0.25) is 0 Å². The molecule has 0 radical (unpaired) electrons. The second-order valence-electron chi connectivity index (χ2n) is 4.01. The minimum absolute atomic E-state index is 0.111. The van der Waals surface area contributed by atoms with Crippen molar-refractivity contribution in [2.24, 2.45) is 7.05 Å². The molecule has 0 spiro atoms. The van der Waals surface area contributed by atoms with E-state index in [2.05, 4.69) is 0 Å². The van der Waals surface area contributed by atoms with Gasteiger partial charge >= 0.3 is 6.55 Å². The van der Waals surface area contributed by atoms with Crippen LogP contribution in [0.4, 0.5) is 8.78 Å². The third-order valence-corrected chi connectivity index (χ3v) is 3.67. The molecule has 2 rings (SSSR count). The number of halogens is 4. The Morgan fingerprint density at radius 3 is 2.63 bits per heavy atom. The van der Waals surface area contributed by atoms with Crippen molar-refractivity contribution in [1.29, 1.82) is 0 Å². The second-order valence-corrected chi connectivity index (χ2v) is 4.79. The fourth-order valence-corrected chi connectivity index (χ4v) is 2.26. The van der Waals surface area contributed by atoms with Gasteiger partial charge in [0, 0.05) is 19.5 Å². The van der Waals surface area contributed by atoms with Crippen molar-refractivity contribution in [3.63, 3.8) is 0 Å². The predicted octanol–water partition coefficient (Wildman–Crippen LogP) is 3.48. The van der Waals surface area contributed by atoms with Crippen LogP contribution in [0.25, 0.3) is 0 Å². The molecule has 102 valence electrons. The highest BCUT2D eigenvalue weighted by atomic mass is 35.5. The maximum absolute atomic E-state index is 12.9. The van der Waals surface area contributed by atoms with Crippen molar-refractivity contribution < 1.29 is 8.78 Å². The highest BCUT2D eigenvalue weighted by molar-refractivity contribution is 6.42. The zero-order valence-electron chi connectivity index (χ0n) is 9.91. The van der Waals surface area contributed by atoms with Gasteiger partial charge in [-0.15, -0.1) is 0 Å². The van der Waals surface area contributed by atoms with Gasteiger partial charge in [0.1, 0.15) is 0 Å². The predicted molar refractivity (Wildman–Crippen MR) is 70.2 cm³/mol. The first-order valence-electron chi connectivity index (χ1n) is 5.40. The number of benzene rings is 1. The third-order valence-electron chi connectivity index (χ3n) is 2.81. The Morgan fingerprint density at radius 2 is 2.00 bits per heavy atom. The lowest BCUT2D eigenvalue weighted by atomic mass is 10.1. The molecule has 1 aromatic carbocycles. The van der Waals surface area contributed by atoms with E-state index in [9.17, 15) is 13.6 Å². The lowest BCUT2D eigenvalue weighted by Gasteiger charge is -2.11. The zero-order chi connectivity index (χ0) is 14.2. The normalized spacial score (nSPS) is 11.3. The monoisotopic (exact) mass is 306 g/mol. The van der Waals surface area contributed by atoms with Gasteiger partial charge in [-0.3, -0.25) is 4.79 Å². The summed E-state index contributed by atoms with van der Waals surface area (Å²) >= 11 is 11.9. The van der Waals surface area contributed by atoms with Crippen LogP contribution in [-0.4, -0.2) is 9.36 Å². The van der Waals surface area contributed by atoms with Crippen molar-refractivity contribution in [2.45, 2.75) is 13.0 Å². The molecule has 0 unspecified atom stereocenters. The molecule has 0 fully saturated rings. The Morgan fingerprint density at radius 1 is 1.32 bits per heavy atom. The Bertz CT molecular complexity index is 664. The van der Waals surface area contributed by atoms with Crippen LogP contribution in [0.3, 0.4) is 0 Å². The first-order chi connectivity index (χ1) is 8.91. The summed E-state index contributed by atoms with van der Waals surface area (Å²) in [6.07, 6.45) is 0.111. The maximum atomic E-state index is 12.9. The van der Waals surface area contributed by atoms with Gasteiger partial charge < -0.3 is 0 Å². The van der Waals surface area contributed by atoms with Crippen molar-refractivity contribution in [3.05, 3.63) is 55.9 Å². The lowest BCUT2D eigenvalue weighted by molar-refractivity contribution is 0.0415. The summed E-state index contributed by atoms with van der Waals surface area (Å²) in [6.45, 7) is -2.79. The van der Waals surface area contributed by atoms with Gasteiger partial charge in [-0.05, 0) is 11.6 Å². The molecule has 0 aliphatic rings. The van der Waals surface area contributed by atoms with Crippen molar-refractivity contribution in [2.75, 3.05) is 0 Å². The van der Waals surface area contributed by atoms with E-state index in [0.717, 1.165) is 4.68 Å². The summed E-state index contributed by atoms with van der Waals surface area (Å²) in [5, 5.41) is 0.655. The number of hydrogen-bond donors (Lipinski definition) is 0. The molecule has 0 aliphatic carbocycles. The van der Waals surface area contributed by atoms with Gasteiger partial charge in [-0.1, -0.05) is 35.3 Å². The van der Waals surface area contributed by atoms with E-state index in [1.807, 2.05) is 0 Å². The van der Waals surface area contributed by atoms with E-state index in [1.165, 1.54) is 13.1 Å². The SMILES string of the molecule is Cn1c(=O)cc(Cc2cccc(Cl)c2Cl)n1C(F)F. The molecule has 2 aromatic rings. The first kappa shape index (κ1) is 14.1. The Labute approximate surface area is 117 Å². The number of aromatic nitrogens is 2. The van der Waals surface area contributed by atoms with Crippen LogP contribution < -0.4 is 5.56 Å². The van der Waals surface area contributed by atoms with Gasteiger partial charge in [0.05, 0.1) is 15.7 Å². The number of hydrogen-bond acceptors (Lipinski definition) is 1. The van der Waals surface area contributed by atoms with Gasteiger partial charge in [0.25, 0.3) is 5.56 Å². The standard InChI is InChI=1S/C12H10Cl2F2N2O/c1-17-10(19)6-8(18(17)12(15)16)5-7-3-2-4-9(13)11(7)14/h2-4,6,12H,5H2,1H3. The molecule has 0 bridgehead atoms. The smallest absolute Gasteiger partial charge is 0.268 e. The summed E-state index contributed by atoms with van der Waals surface area (Å²) in [6, 6.07) is 6.14. The van der Waals surface area contributed by atoms with Crippen molar-refractivity contribution >= 4 is 23.2 Å². The van der Waals surface area contributed by atoms with Crippen LogP contribution in [0.15, 0.2) is 29.1 Å². The summed E-state index contributed by atoms with van der Waals surface area (Å²) in [5.41, 5.74) is 0.286. The van der Waals surface area contributed by atoms with E-state index < -0.39 is 12.1 Å². The van der Waals surface area contributed by atoms with Crippen LogP contribution in [0.1, 0.15) is 17.8 Å². The van der Waals surface area contributed by atoms with Gasteiger partial charge in [0.15, 0.2) is 0 Å². The first-order valence-corrected chi connectivity index (χ1v) is 6.16. The minimum atomic E-state index is -2.79. The average Bonchev–Trinajstić information content (AvgIpc) is 2.61. The summed E-state index contributed by atoms with van der Waals surface area (Å²) < 4.78 is 27.4. The van der Waals surface area contributed by atoms with Crippen molar-refractivity contribution in [1.82, 2.24) is 9.36 Å². The van der Waals surface area contributed by atoms with E-state index in [0.29, 0.717) is 20.3 Å². The molecule has 0 amide bonds. The molecule has 19 heavy (non-hydrogen) atoms. The fourth-order valence-electron chi connectivity index (χ4n) is 1.87. The Kier molecular flexibility index (Phi) is 3.96. The number of rotatable bonds is 3. The number of alkyl halides is 2. The van der Waals surface area contributed by atoms with E-state index in [4.69, 9.17) is 23.2 Å². The lowest BCUT2D eigenvalue weighted by Crippen LogP contribution is -2.20. The molecule has 0 aliphatic heterocycles. The quantitative estimate of drug-likeness (QED) is 0.853. The topological polar surface area (TPSA) is 26.9 Å². The molecule has 0 atom stereocenters. The molecule has 0 saturated heterocycles.